The van der Waals surface area contributed by atoms with Gasteiger partial charge in [0.1, 0.15) is 0 Å². The largest absolute Gasteiger partial charge is 0.465 e. The third-order valence-corrected chi connectivity index (χ3v) is 5.69. The van der Waals surface area contributed by atoms with Crippen LogP contribution in [0.15, 0.2) is 30.3 Å². The van der Waals surface area contributed by atoms with E-state index in [1.165, 1.54) is 76.2 Å². The fourth-order valence-corrected chi connectivity index (χ4v) is 3.73. The molecule has 2 heteroatoms. The molecule has 1 aromatic rings. The predicted molar refractivity (Wildman–Crippen MR) is 121 cm³/mol. The summed E-state index contributed by atoms with van der Waals surface area (Å²) in [6, 6.07) is 10.4. The number of ether oxygens (including phenoxy) is 1. The van der Waals surface area contributed by atoms with E-state index in [4.69, 9.17) is 4.74 Å². The molecule has 2 nitrogen and oxygen atoms in total. The highest BCUT2D eigenvalue weighted by atomic mass is 16.5. The molecule has 1 rings (SSSR count). The second-order valence-corrected chi connectivity index (χ2v) is 8.19. The Bertz CT molecular complexity index is 469. The molecule has 0 N–H and O–H groups in total. The molecular formula is C26H44O2. The van der Waals surface area contributed by atoms with Crippen LogP contribution in [-0.4, -0.2) is 12.6 Å². The van der Waals surface area contributed by atoms with Crippen LogP contribution in [0, 0.1) is 0 Å². The molecule has 0 amide bonds. The molecule has 0 aromatic heterocycles. The Morgan fingerprint density at radius 3 is 1.75 bits per heavy atom. The number of esters is 1. The number of hydrogen-bond donors (Lipinski definition) is 0. The molecular weight excluding hydrogens is 344 g/mol. The zero-order chi connectivity index (χ0) is 20.3. The average molecular weight is 389 g/mol. The van der Waals surface area contributed by atoms with Crippen molar-refractivity contribution in [1.82, 2.24) is 0 Å². The van der Waals surface area contributed by atoms with E-state index in [0.717, 1.165) is 19.3 Å². The summed E-state index contributed by atoms with van der Waals surface area (Å²) in [5, 5.41) is 0. The van der Waals surface area contributed by atoms with Crippen LogP contribution in [0.1, 0.15) is 122 Å². The van der Waals surface area contributed by atoms with Gasteiger partial charge in [-0.15, -0.1) is 0 Å². The summed E-state index contributed by atoms with van der Waals surface area (Å²) in [5.41, 5.74) is 1.26. The van der Waals surface area contributed by atoms with E-state index in [9.17, 15) is 4.79 Å². The third-order valence-electron chi connectivity index (χ3n) is 5.69. The van der Waals surface area contributed by atoms with Crippen molar-refractivity contribution in [3.63, 3.8) is 0 Å². The van der Waals surface area contributed by atoms with Gasteiger partial charge in [0, 0.05) is 12.3 Å². The summed E-state index contributed by atoms with van der Waals surface area (Å²) >= 11 is 0. The van der Waals surface area contributed by atoms with Crippen LogP contribution in [0.4, 0.5) is 0 Å². The van der Waals surface area contributed by atoms with Gasteiger partial charge >= 0.3 is 5.97 Å². The smallest absolute Gasteiger partial charge is 0.305 e. The molecule has 1 unspecified atom stereocenters. The number of benzene rings is 1. The lowest BCUT2D eigenvalue weighted by Gasteiger charge is -2.15. The Hall–Kier alpha value is -1.31. The van der Waals surface area contributed by atoms with Crippen molar-refractivity contribution in [3.05, 3.63) is 35.9 Å². The number of rotatable bonds is 18. The third kappa shape index (κ3) is 13.0. The SMILES string of the molecule is CCCCCCCCCCCCCCCC(=O)OCC(CC)c1ccccc1. The van der Waals surface area contributed by atoms with E-state index in [1.54, 1.807) is 0 Å². The van der Waals surface area contributed by atoms with Gasteiger partial charge in [-0.2, -0.15) is 0 Å². The fourth-order valence-electron chi connectivity index (χ4n) is 3.73. The lowest BCUT2D eigenvalue weighted by molar-refractivity contribution is -0.144. The van der Waals surface area contributed by atoms with Crippen molar-refractivity contribution in [2.45, 2.75) is 116 Å². The van der Waals surface area contributed by atoms with Gasteiger partial charge in [0.25, 0.3) is 0 Å². The van der Waals surface area contributed by atoms with Gasteiger partial charge in [0.05, 0.1) is 6.61 Å². The summed E-state index contributed by atoms with van der Waals surface area (Å²) < 4.78 is 5.52. The van der Waals surface area contributed by atoms with Gasteiger partial charge in [-0.25, -0.2) is 0 Å². The van der Waals surface area contributed by atoms with Crippen LogP contribution in [0.25, 0.3) is 0 Å². The molecule has 0 bridgehead atoms. The van der Waals surface area contributed by atoms with E-state index in [1.807, 2.05) is 18.2 Å². The van der Waals surface area contributed by atoms with Crippen molar-refractivity contribution in [2.75, 3.05) is 6.61 Å². The minimum absolute atomic E-state index is 0.0301. The topological polar surface area (TPSA) is 26.3 Å². The number of hydrogen-bond acceptors (Lipinski definition) is 2. The van der Waals surface area contributed by atoms with Crippen LogP contribution in [0.2, 0.25) is 0 Å². The van der Waals surface area contributed by atoms with Gasteiger partial charge in [-0.1, -0.05) is 121 Å². The lowest BCUT2D eigenvalue weighted by atomic mass is 9.98. The molecule has 28 heavy (non-hydrogen) atoms. The lowest BCUT2D eigenvalue weighted by Crippen LogP contribution is -2.12. The standard InChI is InChI=1S/C26H44O2/c1-3-5-6-7-8-9-10-11-12-13-14-15-19-22-26(27)28-23-24(4-2)25-20-17-16-18-21-25/h16-18,20-21,24H,3-15,19,22-23H2,1-2H3. The molecule has 0 saturated carbocycles. The quantitative estimate of drug-likeness (QED) is 0.187. The molecule has 0 aliphatic carbocycles. The van der Waals surface area contributed by atoms with E-state index in [0.29, 0.717) is 18.9 Å². The zero-order valence-corrected chi connectivity index (χ0v) is 18.6. The van der Waals surface area contributed by atoms with Gasteiger partial charge < -0.3 is 4.74 Å². The summed E-state index contributed by atoms with van der Waals surface area (Å²) in [6.45, 7) is 4.94. The van der Waals surface area contributed by atoms with Crippen molar-refractivity contribution >= 4 is 5.97 Å². The highest BCUT2D eigenvalue weighted by molar-refractivity contribution is 5.69. The minimum Gasteiger partial charge on any atom is -0.465 e. The monoisotopic (exact) mass is 388 g/mol. The van der Waals surface area contributed by atoms with Gasteiger partial charge in [0.15, 0.2) is 0 Å². The second-order valence-electron chi connectivity index (χ2n) is 8.19. The highest BCUT2D eigenvalue weighted by Crippen LogP contribution is 2.20. The first-order valence-corrected chi connectivity index (χ1v) is 12.0. The van der Waals surface area contributed by atoms with Crippen LogP contribution in [0.3, 0.4) is 0 Å². The Kier molecular flexibility index (Phi) is 15.7. The first kappa shape index (κ1) is 24.7. The predicted octanol–water partition coefficient (Wildman–Crippen LogP) is 8.20. The zero-order valence-electron chi connectivity index (χ0n) is 18.6. The van der Waals surface area contributed by atoms with Gasteiger partial charge in [-0.3, -0.25) is 4.79 Å². The average Bonchev–Trinajstić information content (AvgIpc) is 2.72. The van der Waals surface area contributed by atoms with E-state index >= 15 is 0 Å². The van der Waals surface area contributed by atoms with Crippen molar-refractivity contribution < 1.29 is 9.53 Å². The van der Waals surface area contributed by atoms with E-state index < -0.39 is 0 Å². The van der Waals surface area contributed by atoms with Crippen LogP contribution in [0.5, 0.6) is 0 Å². The van der Waals surface area contributed by atoms with Crippen molar-refractivity contribution in [2.24, 2.45) is 0 Å². The fraction of sp³-hybridized carbons (Fsp3) is 0.731. The van der Waals surface area contributed by atoms with Crippen LogP contribution >= 0.6 is 0 Å². The molecule has 0 aliphatic heterocycles. The molecule has 0 radical (unpaired) electrons. The Morgan fingerprint density at radius 2 is 1.25 bits per heavy atom. The van der Waals surface area contributed by atoms with Crippen LogP contribution < -0.4 is 0 Å². The Morgan fingerprint density at radius 1 is 0.750 bits per heavy atom. The summed E-state index contributed by atoms with van der Waals surface area (Å²) in [6.07, 6.45) is 18.8. The minimum atomic E-state index is -0.0301. The van der Waals surface area contributed by atoms with E-state index in [-0.39, 0.29) is 5.97 Å². The Labute approximate surface area is 174 Å². The number of unbranched alkanes of at least 4 members (excludes halogenated alkanes) is 12. The van der Waals surface area contributed by atoms with Gasteiger partial charge in [0.2, 0.25) is 0 Å². The van der Waals surface area contributed by atoms with Crippen molar-refractivity contribution in [1.29, 1.82) is 0 Å². The Balaban J connectivity index is 1.91. The maximum atomic E-state index is 12.0. The molecule has 1 atom stereocenters. The molecule has 0 spiro atoms. The highest BCUT2D eigenvalue weighted by Gasteiger charge is 2.12. The maximum Gasteiger partial charge on any atom is 0.305 e. The first-order chi connectivity index (χ1) is 13.8. The maximum absolute atomic E-state index is 12.0. The van der Waals surface area contributed by atoms with Gasteiger partial charge in [-0.05, 0) is 18.4 Å². The number of carbonyl (C=O) groups is 1. The summed E-state index contributed by atoms with van der Waals surface area (Å²) in [4.78, 5) is 12.0. The molecule has 0 saturated heterocycles. The molecule has 0 heterocycles. The summed E-state index contributed by atoms with van der Waals surface area (Å²) in [5.74, 6) is 0.286. The molecule has 0 fully saturated rings. The number of carbonyl (C=O) groups excluding carboxylic acids is 1. The van der Waals surface area contributed by atoms with Crippen molar-refractivity contribution in [3.8, 4) is 0 Å². The second kappa shape index (κ2) is 17.8. The van der Waals surface area contributed by atoms with Crippen LogP contribution in [-0.2, 0) is 9.53 Å². The van der Waals surface area contributed by atoms with E-state index in [2.05, 4.69) is 26.0 Å². The normalized spacial score (nSPS) is 12.1. The molecule has 0 aliphatic rings. The first-order valence-electron chi connectivity index (χ1n) is 12.0. The molecule has 160 valence electrons. The molecule has 1 aromatic carbocycles. The summed E-state index contributed by atoms with van der Waals surface area (Å²) in [7, 11) is 0.